The number of hydrogen-bond acceptors (Lipinski definition) is 2. The van der Waals surface area contributed by atoms with E-state index in [0.717, 1.165) is 28.7 Å². The second-order valence-electron chi connectivity index (χ2n) is 6.80. The Balaban J connectivity index is 2.00. The molecule has 5 rings (SSSR count). The van der Waals surface area contributed by atoms with Gasteiger partial charge in [0.1, 0.15) is 0 Å². The molecular formula is C24H20N2O. The van der Waals surface area contributed by atoms with Crippen LogP contribution in [0.4, 0.5) is 0 Å². The van der Waals surface area contributed by atoms with Crippen molar-refractivity contribution in [1.29, 1.82) is 0 Å². The lowest BCUT2D eigenvalue weighted by Gasteiger charge is -2.12. The van der Waals surface area contributed by atoms with E-state index in [2.05, 4.69) is 78.2 Å². The number of aliphatic hydroxyl groups excluding tert-OH is 1. The molecule has 0 saturated heterocycles. The zero-order chi connectivity index (χ0) is 18.4. The molecular weight excluding hydrogens is 332 g/mol. The first-order chi connectivity index (χ1) is 13.3. The first-order valence-electron chi connectivity index (χ1n) is 9.31. The molecule has 0 unspecified atom stereocenters. The number of aromatic nitrogens is 2. The predicted octanol–water partition coefficient (Wildman–Crippen LogP) is 5.52. The molecule has 0 aliphatic carbocycles. The molecule has 2 aromatic heterocycles. The van der Waals surface area contributed by atoms with Crippen molar-refractivity contribution in [2.75, 3.05) is 0 Å². The lowest BCUT2D eigenvalue weighted by Crippen LogP contribution is -1.99. The van der Waals surface area contributed by atoms with Gasteiger partial charge in [-0.25, -0.2) is 4.98 Å². The second kappa shape index (κ2) is 6.22. The minimum absolute atomic E-state index is 0.0701. The predicted molar refractivity (Wildman–Crippen MR) is 112 cm³/mol. The quantitative estimate of drug-likeness (QED) is 0.464. The van der Waals surface area contributed by atoms with Crippen molar-refractivity contribution in [1.82, 2.24) is 9.55 Å². The number of pyridine rings is 1. The van der Waals surface area contributed by atoms with E-state index in [1.807, 2.05) is 6.07 Å². The topological polar surface area (TPSA) is 38.0 Å². The van der Waals surface area contributed by atoms with Crippen molar-refractivity contribution in [2.24, 2.45) is 0 Å². The maximum atomic E-state index is 9.85. The van der Waals surface area contributed by atoms with Gasteiger partial charge in [0.25, 0.3) is 0 Å². The minimum Gasteiger partial charge on any atom is -0.390 e. The number of aryl methyl sites for hydroxylation is 1. The Bertz CT molecular complexity index is 1300. The van der Waals surface area contributed by atoms with Gasteiger partial charge in [-0.05, 0) is 29.8 Å². The summed E-state index contributed by atoms with van der Waals surface area (Å²) in [7, 11) is 0. The van der Waals surface area contributed by atoms with Crippen LogP contribution in [0.5, 0.6) is 0 Å². The van der Waals surface area contributed by atoms with Crippen LogP contribution in [-0.4, -0.2) is 14.7 Å². The fourth-order valence-electron chi connectivity index (χ4n) is 4.16. The molecule has 3 nitrogen and oxygen atoms in total. The van der Waals surface area contributed by atoms with Crippen molar-refractivity contribution in [3.63, 3.8) is 0 Å². The molecule has 5 aromatic rings. The van der Waals surface area contributed by atoms with E-state index in [1.54, 1.807) is 0 Å². The van der Waals surface area contributed by atoms with Crippen LogP contribution in [0, 0.1) is 0 Å². The fraction of sp³-hybridized carbons (Fsp3) is 0.125. The van der Waals surface area contributed by atoms with Gasteiger partial charge in [0, 0.05) is 28.4 Å². The molecule has 0 aliphatic rings. The second-order valence-corrected chi connectivity index (χ2v) is 6.80. The van der Waals surface area contributed by atoms with Crippen LogP contribution in [0.25, 0.3) is 43.8 Å². The lowest BCUT2D eigenvalue weighted by molar-refractivity contribution is 0.277. The molecule has 132 valence electrons. The number of para-hydroxylation sites is 1. The van der Waals surface area contributed by atoms with Crippen LogP contribution in [0.2, 0.25) is 0 Å². The Morgan fingerprint density at radius 3 is 2.41 bits per heavy atom. The Kier molecular flexibility index (Phi) is 3.69. The standard InChI is InChI=1S/C24H20N2O/c1-2-26-22-13-6-5-11-19(22)21-14-17(15-27)25-23(24(21)26)20-12-7-9-16-8-3-4-10-18(16)20/h3-14,27H,2,15H2,1H3. The van der Waals surface area contributed by atoms with Crippen LogP contribution in [0.3, 0.4) is 0 Å². The number of aliphatic hydroxyl groups is 1. The first-order valence-corrected chi connectivity index (χ1v) is 9.31. The molecule has 1 N–H and O–H groups in total. The largest absolute Gasteiger partial charge is 0.390 e. The summed E-state index contributed by atoms with van der Waals surface area (Å²) >= 11 is 0. The van der Waals surface area contributed by atoms with E-state index >= 15 is 0 Å². The Morgan fingerprint density at radius 1 is 0.852 bits per heavy atom. The summed E-state index contributed by atoms with van der Waals surface area (Å²) in [5.74, 6) is 0. The molecule has 27 heavy (non-hydrogen) atoms. The SMILES string of the molecule is CCn1c2ccccc2c2cc(CO)nc(-c3cccc4ccccc34)c21. The van der Waals surface area contributed by atoms with Crippen molar-refractivity contribution >= 4 is 32.6 Å². The van der Waals surface area contributed by atoms with Crippen molar-refractivity contribution in [3.8, 4) is 11.3 Å². The fourth-order valence-corrected chi connectivity index (χ4v) is 4.16. The zero-order valence-electron chi connectivity index (χ0n) is 15.2. The highest BCUT2D eigenvalue weighted by Crippen LogP contribution is 2.37. The molecule has 0 radical (unpaired) electrons. The molecule has 3 heteroatoms. The van der Waals surface area contributed by atoms with Gasteiger partial charge in [-0.1, -0.05) is 60.7 Å². The average molecular weight is 352 g/mol. The molecule has 0 fully saturated rings. The monoisotopic (exact) mass is 352 g/mol. The third-order valence-corrected chi connectivity index (χ3v) is 5.32. The van der Waals surface area contributed by atoms with Crippen molar-refractivity contribution in [2.45, 2.75) is 20.1 Å². The van der Waals surface area contributed by atoms with Gasteiger partial charge in [0.2, 0.25) is 0 Å². The van der Waals surface area contributed by atoms with Gasteiger partial charge in [-0.15, -0.1) is 0 Å². The number of fused-ring (bicyclic) bond motifs is 4. The highest BCUT2D eigenvalue weighted by molar-refractivity contribution is 6.14. The van der Waals surface area contributed by atoms with E-state index in [4.69, 9.17) is 4.98 Å². The highest BCUT2D eigenvalue weighted by atomic mass is 16.3. The molecule has 0 atom stereocenters. The molecule has 0 aliphatic heterocycles. The van der Waals surface area contributed by atoms with E-state index in [-0.39, 0.29) is 6.61 Å². The number of benzene rings is 3. The third-order valence-electron chi connectivity index (χ3n) is 5.32. The molecule has 0 bridgehead atoms. The van der Waals surface area contributed by atoms with Gasteiger partial charge in [0.05, 0.1) is 23.5 Å². The molecule has 0 amide bonds. The van der Waals surface area contributed by atoms with Crippen LogP contribution in [-0.2, 0) is 13.2 Å². The third kappa shape index (κ3) is 2.36. The zero-order valence-corrected chi connectivity index (χ0v) is 15.2. The summed E-state index contributed by atoms with van der Waals surface area (Å²) in [6.07, 6.45) is 0. The molecule has 0 saturated carbocycles. The van der Waals surface area contributed by atoms with Gasteiger partial charge >= 0.3 is 0 Å². The van der Waals surface area contributed by atoms with E-state index < -0.39 is 0 Å². The normalized spacial score (nSPS) is 11.6. The van der Waals surface area contributed by atoms with Gasteiger partial charge in [-0.3, -0.25) is 0 Å². The molecule has 0 spiro atoms. The number of nitrogens with zero attached hydrogens (tertiary/aromatic N) is 2. The average Bonchev–Trinajstić information content (AvgIpc) is 3.06. The summed E-state index contributed by atoms with van der Waals surface area (Å²) in [6.45, 7) is 2.96. The molecule has 3 aromatic carbocycles. The van der Waals surface area contributed by atoms with E-state index in [1.165, 1.54) is 21.7 Å². The van der Waals surface area contributed by atoms with E-state index in [0.29, 0.717) is 5.69 Å². The van der Waals surface area contributed by atoms with Gasteiger partial charge < -0.3 is 9.67 Å². The van der Waals surface area contributed by atoms with Gasteiger partial charge in [0.15, 0.2) is 0 Å². The highest BCUT2D eigenvalue weighted by Gasteiger charge is 2.18. The maximum Gasteiger partial charge on any atom is 0.0955 e. The number of rotatable bonds is 3. The van der Waals surface area contributed by atoms with Gasteiger partial charge in [-0.2, -0.15) is 0 Å². The van der Waals surface area contributed by atoms with E-state index in [9.17, 15) is 5.11 Å². The summed E-state index contributed by atoms with van der Waals surface area (Å²) < 4.78 is 2.33. The van der Waals surface area contributed by atoms with Crippen molar-refractivity contribution in [3.05, 3.63) is 78.5 Å². The minimum atomic E-state index is -0.0701. The molecule has 2 heterocycles. The Labute approximate surface area is 157 Å². The van der Waals surface area contributed by atoms with Crippen LogP contribution >= 0.6 is 0 Å². The summed E-state index contributed by atoms with van der Waals surface area (Å²) in [6, 6.07) is 25.2. The maximum absolute atomic E-state index is 9.85. The lowest BCUT2D eigenvalue weighted by atomic mass is 10.00. The van der Waals surface area contributed by atoms with Crippen LogP contribution in [0.15, 0.2) is 72.8 Å². The smallest absolute Gasteiger partial charge is 0.0955 e. The Morgan fingerprint density at radius 2 is 1.59 bits per heavy atom. The summed E-state index contributed by atoms with van der Waals surface area (Å²) in [5, 5.41) is 14.6. The van der Waals surface area contributed by atoms with Crippen LogP contribution < -0.4 is 0 Å². The summed E-state index contributed by atoms with van der Waals surface area (Å²) in [5.41, 5.74) is 5.07. The van der Waals surface area contributed by atoms with Crippen LogP contribution in [0.1, 0.15) is 12.6 Å². The number of hydrogen-bond donors (Lipinski definition) is 1. The summed E-state index contributed by atoms with van der Waals surface area (Å²) in [4.78, 5) is 4.87. The Hall–Kier alpha value is -3.17. The van der Waals surface area contributed by atoms with Crippen molar-refractivity contribution < 1.29 is 5.11 Å². The first kappa shape index (κ1) is 16.0.